The summed E-state index contributed by atoms with van der Waals surface area (Å²) in [6.07, 6.45) is 3.29. The van der Waals surface area contributed by atoms with E-state index in [4.69, 9.17) is 0 Å². The molecule has 1 aliphatic carbocycles. The van der Waals surface area contributed by atoms with Crippen molar-refractivity contribution in [2.75, 3.05) is 11.4 Å². The van der Waals surface area contributed by atoms with Gasteiger partial charge in [0.1, 0.15) is 0 Å². The minimum atomic E-state index is -0.0186. The molecule has 2 fully saturated rings. The van der Waals surface area contributed by atoms with E-state index in [0.717, 1.165) is 32.1 Å². The molecular weight excluding hydrogens is 440 g/mol. The second kappa shape index (κ2) is 5.47. The first-order valence-electron chi connectivity index (χ1n) is 6.28. The predicted octanol–water partition coefficient (Wildman–Crippen LogP) is 3.83. The molecule has 0 aromatic heterocycles. The van der Waals surface area contributed by atoms with Crippen molar-refractivity contribution in [3.63, 3.8) is 0 Å². The van der Waals surface area contributed by atoms with Crippen LogP contribution in [0, 0.1) is 0 Å². The van der Waals surface area contributed by atoms with Crippen molar-refractivity contribution in [2.24, 2.45) is 0 Å². The molecule has 1 saturated carbocycles. The highest BCUT2D eigenvalue weighted by molar-refractivity contribution is 9.11. The van der Waals surface area contributed by atoms with Gasteiger partial charge < -0.3 is 10.2 Å². The minimum Gasteiger partial charge on any atom is -0.309 e. The molecule has 1 amide bonds. The van der Waals surface area contributed by atoms with Gasteiger partial charge in [-0.1, -0.05) is 15.9 Å². The van der Waals surface area contributed by atoms with Gasteiger partial charge >= 0.3 is 0 Å². The summed E-state index contributed by atoms with van der Waals surface area (Å²) in [6, 6.07) is 4.48. The van der Waals surface area contributed by atoms with Gasteiger partial charge in [0.2, 0.25) is 5.91 Å². The molecule has 0 spiro atoms. The molecule has 1 atom stereocenters. The number of benzene rings is 1. The van der Waals surface area contributed by atoms with Gasteiger partial charge in [0.25, 0.3) is 0 Å². The number of amides is 1. The first kappa shape index (κ1) is 14.0. The third kappa shape index (κ3) is 2.91. The Hall–Kier alpha value is 0.0900. The number of halogens is 3. The number of carbonyl (C=O) groups is 1. The maximum absolute atomic E-state index is 12.5. The van der Waals surface area contributed by atoms with E-state index in [1.165, 1.54) is 12.8 Å². The van der Waals surface area contributed by atoms with Crippen LogP contribution in [-0.2, 0) is 4.79 Å². The zero-order chi connectivity index (χ0) is 13.6. The molecule has 102 valence electrons. The molecule has 0 bridgehead atoms. The summed E-state index contributed by atoms with van der Waals surface area (Å²) in [6.45, 7) is 0.766. The Bertz CT molecular complexity index is 508. The Morgan fingerprint density at radius 2 is 1.74 bits per heavy atom. The molecule has 1 aromatic carbocycles. The fourth-order valence-corrected chi connectivity index (χ4v) is 5.07. The highest BCUT2D eigenvalue weighted by Gasteiger charge is 2.37. The number of nitrogens with one attached hydrogen (secondary N) is 1. The van der Waals surface area contributed by atoms with Crippen molar-refractivity contribution in [3.8, 4) is 0 Å². The maximum atomic E-state index is 12.5. The van der Waals surface area contributed by atoms with Crippen LogP contribution in [0.4, 0.5) is 5.69 Å². The van der Waals surface area contributed by atoms with Gasteiger partial charge in [0.05, 0.1) is 11.7 Å². The van der Waals surface area contributed by atoms with E-state index in [0.29, 0.717) is 6.04 Å². The minimum absolute atomic E-state index is 0.0186. The second-order valence-corrected chi connectivity index (χ2v) is 7.61. The Kier molecular flexibility index (Phi) is 4.04. The molecule has 1 unspecified atom stereocenters. The van der Waals surface area contributed by atoms with Crippen LogP contribution in [0.5, 0.6) is 0 Å². The lowest BCUT2D eigenvalue weighted by Gasteiger charge is -2.20. The van der Waals surface area contributed by atoms with Crippen LogP contribution in [0.2, 0.25) is 0 Å². The van der Waals surface area contributed by atoms with Gasteiger partial charge in [-0.25, -0.2) is 0 Å². The molecule has 1 saturated heterocycles. The summed E-state index contributed by atoms with van der Waals surface area (Å²) in [4.78, 5) is 14.3. The van der Waals surface area contributed by atoms with Crippen molar-refractivity contribution < 1.29 is 4.79 Å². The zero-order valence-electron chi connectivity index (χ0n) is 10.1. The number of nitrogens with zero attached hydrogens (tertiary/aromatic N) is 1. The molecule has 1 aromatic rings. The predicted molar refractivity (Wildman–Crippen MR) is 86.5 cm³/mol. The third-order valence-corrected chi connectivity index (χ3v) is 5.14. The van der Waals surface area contributed by atoms with Crippen molar-refractivity contribution in [1.82, 2.24) is 5.32 Å². The van der Waals surface area contributed by atoms with E-state index in [1.54, 1.807) is 0 Å². The second-order valence-electron chi connectivity index (χ2n) is 4.99. The normalized spacial score (nSPS) is 23.2. The summed E-state index contributed by atoms with van der Waals surface area (Å²) in [7, 11) is 0. The van der Waals surface area contributed by atoms with Gasteiger partial charge in [-0.05, 0) is 63.3 Å². The lowest BCUT2D eigenvalue weighted by atomic mass is 10.2. The van der Waals surface area contributed by atoms with Crippen molar-refractivity contribution in [3.05, 3.63) is 25.6 Å². The molecule has 3 rings (SSSR count). The van der Waals surface area contributed by atoms with Crippen LogP contribution in [0.1, 0.15) is 19.3 Å². The SMILES string of the molecule is O=C1C(NC2CC2)CCN1c1c(Br)cc(Br)cc1Br. The smallest absolute Gasteiger partial charge is 0.244 e. The number of anilines is 1. The standard InChI is InChI=1S/C13H13Br3N2O/c14-7-5-9(15)12(10(16)6-7)18-4-3-11(13(18)19)17-8-1-2-8/h5-6,8,11,17H,1-4H2. The molecular formula is C13H13Br3N2O. The molecule has 3 nitrogen and oxygen atoms in total. The summed E-state index contributed by atoms with van der Waals surface area (Å²) in [5.74, 6) is 0.177. The number of rotatable bonds is 3. The van der Waals surface area contributed by atoms with Crippen molar-refractivity contribution in [2.45, 2.75) is 31.3 Å². The van der Waals surface area contributed by atoms with E-state index in [9.17, 15) is 4.79 Å². The van der Waals surface area contributed by atoms with Gasteiger partial charge in [-0.15, -0.1) is 0 Å². The highest BCUT2D eigenvalue weighted by Crippen LogP contribution is 2.39. The summed E-state index contributed by atoms with van der Waals surface area (Å²) >= 11 is 10.5. The number of hydrogen-bond acceptors (Lipinski definition) is 2. The fraction of sp³-hybridized carbons (Fsp3) is 0.462. The molecule has 1 aliphatic heterocycles. The molecule has 19 heavy (non-hydrogen) atoms. The lowest BCUT2D eigenvalue weighted by Crippen LogP contribution is -2.39. The Morgan fingerprint density at radius 3 is 2.32 bits per heavy atom. The highest BCUT2D eigenvalue weighted by atomic mass is 79.9. The van der Waals surface area contributed by atoms with E-state index >= 15 is 0 Å². The van der Waals surface area contributed by atoms with Crippen molar-refractivity contribution in [1.29, 1.82) is 0 Å². The molecule has 6 heteroatoms. The van der Waals surface area contributed by atoms with E-state index in [-0.39, 0.29) is 11.9 Å². The van der Waals surface area contributed by atoms with Gasteiger partial charge in [0.15, 0.2) is 0 Å². The molecule has 1 N–H and O–H groups in total. The third-order valence-electron chi connectivity index (χ3n) is 3.47. The van der Waals surface area contributed by atoms with E-state index < -0.39 is 0 Å². The van der Waals surface area contributed by atoms with Crippen LogP contribution >= 0.6 is 47.8 Å². The van der Waals surface area contributed by atoms with E-state index in [1.807, 2.05) is 17.0 Å². The van der Waals surface area contributed by atoms with Crippen LogP contribution in [0.3, 0.4) is 0 Å². The largest absolute Gasteiger partial charge is 0.309 e. The number of hydrogen-bond donors (Lipinski definition) is 1. The Labute approximate surface area is 137 Å². The van der Waals surface area contributed by atoms with Gasteiger partial charge in [0, 0.05) is 26.0 Å². The first-order chi connectivity index (χ1) is 9.06. The molecule has 0 radical (unpaired) electrons. The average Bonchev–Trinajstić information content (AvgIpc) is 3.07. The Balaban J connectivity index is 1.84. The summed E-state index contributed by atoms with van der Waals surface area (Å²) in [5.41, 5.74) is 0.924. The topological polar surface area (TPSA) is 32.3 Å². The van der Waals surface area contributed by atoms with Crippen LogP contribution in [-0.4, -0.2) is 24.5 Å². The molecule has 2 aliphatic rings. The zero-order valence-corrected chi connectivity index (χ0v) is 14.9. The maximum Gasteiger partial charge on any atom is 0.244 e. The van der Waals surface area contributed by atoms with Crippen LogP contribution in [0.15, 0.2) is 25.6 Å². The van der Waals surface area contributed by atoms with E-state index in [2.05, 4.69) is 53.1 Å². The van der Waals surface area contributed by atoms with Crippen molar-refractivity contribution >= 4 is 59.4 Å². The summed E-state index contributed by atoms with van der Waals surface area (Å²) < 4.78 is 2.83. The fourth-order valence-electron chi connectivity index (χ4n) is 2.38. The monoisotopic (exact) mass is 450 g/mol. The van der Waals surface area contributed by atoms with Gasteiger partial charge in [-0.3, -0.25) is 4.79 Å². The van der Waals surface area contributed by atoms with Crippen LogP contribution in [0.25, 0.3) is 0 Å². The first-order valence-corrected chi connectivity index (χ1v) is 8.66. The average molecular weight is 453 g/mol. The van der Waals surface area contributed by atoms with Gasteiger partial charge in [-0.2, -0.15) is 0 Å². The quantitative estimate of drug-likeness (QED) is 0.756. The number of carbonyl (C=O) groups excluding carboxylic acids is 1. The van der Waals surface area contributed by atoms with Crippen LogP contribution < -0.4 is 10.2 Å². The summed E-state index contributed by atoms with van der Waals surface area (Å²) in [5, 5.41) is 3.42. The molecule has 1 heterocycles. The Morgan fingerprint density at radius 1 is 1.11 bits per heavy atom. The lowest BCUT2D eigenvalue weighted by molar-refractivity contribution is -0.118.